The summed E-state index contributed by atoms with van der Waals surface area (Å²) in [5.74, 6) is 0.0500. The fourth-order valence-corrected chi connectivity index (χ4v) is 2.23. The molecule has 0 saturated heterocycles. The van der Waals surface area contributed by atoms with E-state index in [1.165, 1.54) is 12.1 Å². The van der Waals surface area contributed by atoms with E-state index in [4.69, 9.17) is 17.3 Å². The maximum atomic E-state index is 14.0. The lowest BCUT2D eigenvalue weighted by Gasteiger charge is -2.19. The molecule has 1 aromatic heterocycles. The molecular weight excluding hydrogens is 265 g/mol. The van der Waals surface area contributed by atoms with Gasteiger partial charge in [-0.25, -0.2) is 9.37 Å². The summed E-state index contributed by atoms with van der Waals surface area (Å²) < 4.78 is 14.0. The van der Waals surface area contributed by atoms with Crippen LogP contribution < -0.4 is 11.1 Å². The smallest absolute Gasteiger partial charge is 0.128 e. The van der Waals surface area contributed by atoms with Crippen molar-refractivity contribution in [2.24, 2.45) is 0 Å². The summed E-state index contributed by atoms with van der Waals surface area (Å²) >= 11 is 5.94. The zero-order valence-corrected chi connectivity index (χ0v) is 11.5. The molecule has 1 heterocycles. The molecule has 2 rings (SSSR count). The first-order valence-electron chi connectivity index (χ1n) is 5.87. The minimum atomic E-state index is -0.383. The van der Waals surface area contributed by atoms with Crippen LogP contribution in [0.2, 0.25) is 5.02 Å². The van der Waals surface area contributed by atoms with Crippen LogP contribution in [0.5, 0.6) is 0 Å². The quantitative estimate of drug-likeness (QED) is 0.908. The number of nitrogens with zero attached hydrogens (tertiary/aromatic N) is 1. The Morgan fingerprint density at radius 1 is 1.32 bits per heavy atom. The van der Waals surface area contributed by atoms with E-state index < -0.39 is 0 Å². The summed E-state index contributed by atoms with van der Waals surface area (Å²) in [6, 6.07) is 5.97. The second-order valence-electron chi connectivity index (χ2n) is 4.37. The maximum absolute atomic E-state index is 14.0. The number of benzene rings is 1. The molecule has 0 spiro atoms. The van der Waals surface area contributed by atoms with Crippen LogP contribution in [0, 0.1) is 12.7 Å². The minimum Gasteiger partial charge on any atom is -0.383 e. The third-order valence-corrected chi connectivity index (χ3v) is 3.19. The van der Waals surface area contributed by atoms with E-state index in [0.717, 1.165) is 11.1 Å². The first-order chi connectivity index (χ1) is 9.02. The molecule has 19 heavy (non-hydrogen) atoms. The minimum absolute atomic E-state index is 0.329. The Morgan fingerprint density at radius 3 is 2.74 bits per heavy atom. The number of aryl methyl sites for hydroxylation is 1. The molecule has 0 fully saturated rings. The number of aromatic nitrogens is 1. The average Bonchev–Trinajstić information content (AvgIpc) is 2.38. The molecule has 1 aromatic carbocycles. The van der Waals surface area contributed by atoms with Crippen molar-refractivity contribution in [1.29, 1.82) is 0 Å². The fraction of sp³-hybridized carbons (Fsp3) is 0.214. The van der Waals surface area contributed by atoms with Gasteiger partial charge in [-0.05, 0) is 43.8 Å². The van der Waals surface area contributed by atoms with Gasteiger partial charge in [-0.2, -0.15) is 0 Å². The number of nitrogens with one attached hydrogen (secondary N) is 1. The van der Waals surface area contributed by atoms with Crippen LogP contribution in [0.1, 0.15) is 22.7 Å². The van der Waals surface area contributed by atoms with Crippen LogP contribution in [-0.2, 0) is 0 Å². The lowest BCUT2D eigenvalue weighted by atomic mass is 9.98. The van der Waals surface area contributed by atoms with E-state index in [0.29, 0.717) is 16.4 Å². The number of hydrogen-bond acceptors (Lipinski definition) is 3. The van der Waals surface area contributed by atoms with Crippen molar-refractivity contribution >= 4 is 17.4 Å². The van der Waals surface area contributed by atoms with Gasteiger partial charge in [-0.1, -0.05) is 11.6 Å². The number of nitrogens with two attached hydrogens (primary N) is 1. The molecule has 0 amide bonds. The van der Waals surface area contributed by atoms with Crippen LogP contribution in [0.4, 0.5) is 10.2 Å². The van der Waals surface area contributed by atoms with Crippen molar-refractivity contribution < 1.29 is 4.39 Å². The Balaban J connectivity index is 2.55. The summed E-state index contributed by atoms with van der Waals surface area (Å²) in [6.45, 7) is 1.91. The highest BCUT2D eigenvalue weighted by atomic mass is 35.5. The van der Waals surface area contributed by atoms with Gasteiger partial charge in [0.2, 0.25) is 0 Å². The monoisotopic (exact) mass is 279 g/mol. The van der Waals surface area contributed by atoms with Crippen molar-refractivity contribution in [1.82, 2.24) is 10.3 Å². The predicted octanol–water partition coefficient (Wildman–Crippen LogP) is 3.07. The lowest BCUT2D eigenvalue weighted by Crippen LogP contribution is -2.21. The average molecular weight is 280 g/mol. The van der Waals surface area contributed by atoms with E-state index in [2.05, 4.69) is 10.3 Å². The van der Waals surface area contributed by atoms with Crippen molar-refractivity contribution in [3.63, 3.8) is 0 Å². The van der Waals surface area contributed by atoms with Gasteiger partial charge in [0.1, 0.15) is 11.6 Å². The zero-order valence-electron chi connectivity index (χ0n) is 10.7. The van der Waals surface area contributed by atoms with Gasteiger partial charge in [0.05, 0.1) is 6.04 Å². The number of anilines is 1. The second-order valence-corrected chi connectivity index (χ2v) is 4.81. The largest absolute Gasteiger partial charge is 0.383 e. The third kappa shape index (κ3) is 2.85. The normalized spacial score (nSPS) is 12.4. The summed E-state index contributed by atoms with van der Waals surface area (Å²) in [4.78, 5) is 4.11. The fourth-order valence-electron chi connectivity index (χ4n) is 2.05. The van der Waals surface area contributed by atoms with Crippen LogP contribution in [0.15, 0.2) is 30.5 Å². The Morgan fingerprint density at radius 2 is 2.05 bits per heavy atom. The summed E-state index contributed by atoms with van der Waals surface area (Å²) in [5, 5.41) is 3.53. The number of halogens is 2. The van der Waals surface area contributed by atoms with E-state index in [9.17, 15) is 4.39 Å². The molecular formula is C14H15ClFN3. The SMILES string of the molecule is CNC(c1cc(Cl)ccc1F)c1cc(C)cnc1N. The number of hydrogen-bond donors (Lipinski definition) is 2. The van der Waals surface area contributed by atoms with Crippen LogP contribution in [0.25, 0.3) is 0 Å². The first-order valence-corrected chi connectivity index (χ1v) is 6.25. The van der Waals surface area contributed by atoms with Crippen molar-refractivity contribution in [3.8, 4) is 0 Å². The highest BCUT2D eigenvalue weighted by Crippen LogP contribution is 2.29. The van der Waals surface area contributed by atoms with Crippen molar-refractivity contribution in [3.05, 3.63) is 58.0 Å². The highest BCUT2D eigenvalue weighted by Gasteiger charge is 2.19. The molecule has 5 heteroatoms. The molecule has 0 aliphatic heterocycles. The molecule has 2 aromatic rings. The topological polar surface area (TPSA) is 50.9 Å². The van der Waals surface area contributed by atoms with Gasteiger partial charge in [0.25, 0.3) is 0 Å². The van der Waals surface area contributed by atoms with Gasteiger partial charge >= 0.3 is 0 Å². The second kappa shape index (κ2) is 5.55. The van der Waals surface area contributed by atoms with Crippen molar-refractivity contribution in [2.45, 2.75) is 13.0 Å². The van der Waals surface area contributed by atoms with Crippen LogP contribution in [-0.4, -0.2) is 12.0 Å². The summed E-state index contributed by atoms with van der Waals surface area (Å²) in [6.07, 6.45) is 1.68. The van der Waals surface area contributed by atoms with Gasteiger partial charge in [-0.3, -0.25) is 0 Å². The molecule has 0 aliphatic carbocycles. The number of nitrogen functional groups attached to an aromatic ring is 1. The Kier molecular flexibility index (Phi) is 4.02. The van der Waals surface area contributed by atoms with Gasteiger partial charge in [0, 0.05) is 22.3 Å². The molecule has 0 radical (unpaired) electrons. The van der Waals surface area contributed by atoms with E-state index >= 15 is 0 Å². The van der Waals surface area contributed by atoms with E-state index in [1.807, 2.05) is 13.0 Å². The van der Waals surface area contributed by atoms with Crippen LogP contribution in [0.3, 0.4) is 0 Å². The standard InChI is InChI=1S/C14H15ClFN3/c1-8-5-11(14(17)19-7-8)13(18-2)10-6-9(15)3-4-12(10)16/h3-7,13,18H,1-2H3,(H2,17,19). The molecule has 3 N–H and O–H groups in total. The molecule has 0 saturated carbocycles. The molecule has 0 bridgehead atoms. The maximum Gasteiger partial charge on any atom is 0.128 e. The number of rotatable bonds is 3. The Bertz CT molecular complexity index is 550. The van der Waals surface area contributed by atoms with E-state index in [1.54, 1.807) is 19.3 Å². The predicted molar refractivity (Wildman–Crippen MR) is 75.7 cm³/mol. The first kappa shape index (κ1) is 13.8. The van der Waals surface area contributed by atoms with Gasteiger partial charge in [0.15, 0.2) is 0 Å². The highest BCUT2D eigenvalue weighted by molar-refractivity contribution is 6.30. The van der Waals surface area contributed by atoms with Crippen molar-refractivity contribution in [2.75, 3.05) is 12.8 Å². The molecule has 1 unspecified atom stereocenters. The molecule has 0 aliphatic rings. The summed E-state index contributed by atoms with van der Waals surface area (Å²) in [7, 11) is 1.74. The zero-order chi connectivity index (χ0) is 14.0. The number of pyridine rings is 1. The summed E-state index contributed by atoms with van der Waals surface area (Å²) in [5.41, 5.74) is 8.04. The molecule has 100 valence electrons. The van der Waals surface area contributed by atoms with Gasteiger partial charge in [-0.15, -0.1) is 0 Å². The Hall–Kier alpha value is -1.65. The molecule has 3 nitrogen and oxygen atoms in total. The van der Waals surface area contributed by atoms with E-state index in [-0.39, 0.29) is 11.9 Å². The molecule has 1 atom stereocenters. The van der Waals surface area contributed by atoms with Crippen LogP contribution >= 0.6 is 11.6 Å². The van der Waals surface area contributed by atoms with Gasteiger partial charge < -0.3 is 11.1 Å². The lowest BCUT2D eigenvalue weighted by molar-refractivity contribution is 0.576. The Labute approximate surface area is 116 Å². The third-order valence-electron chi connectivity index (χ3n) is 2.95.